The molecule has 2 aliphatic heterocycles. The summed E-state index contributed by atoms with van der Waals surface area (Å²) in [4.78, 5) is 25.5. The molecule has 5 nitrogen and oxygen atoms in total. The Morgan fingerprint density at radius 1 is 1.20 bits per heavy atom. The highest BCUT2D eigenvalue weighted by atomic mass is 16.2. The normalized spacial score (nSPS) is 29.1. The molecule has 1 aromatic rings. The molecular weight excluding hydrogens is 252 g/mol. The summed E-state index contributed by atoms with van der Waals surface area (Å²) in [5.41, 5.74) is 1.07. The maximum atomic E-state index is 12.2. The van der Waals surface area contributed by atoms with Gasteiger partial charge in [-0.05, 0) is 37.7 Å². The summed E-state index contributed by atoms with van der Waals surface area (Å²) in [6.07, 6.45) is 8.00. The number of amides is 1. The topological polar surface area (TPSA) is 49.3 Å². The molecule has 0 radical (unpaired) electrons. The fourth-order valence-electron chi connectivity index (χ4n) is 3.53. The Balaban J connectivity index is 1.54. The van der Waals surface area contributed by atoms with Crippen LogP contribution < -0.4 is 4.90 Å². The van der Waals surface area contributed by atoms with Crippen molar-refractivity contribution < 1.29 is 4.79 Å². The largest absolute Gasteiger partial charge is 0.337 e. The molecule has 0 unspecified atom stereocenters. The monoisotopic (exact) mass is 272 g/mol. The van der Waals surface area contributed by atoms with Crippen LogP contribution in [0.15, 0.2) is 12.4 Å². The number of carbonyl (C=O) groups excluding carboxylic acids is 1. The van der Waals surface area contributed by atoms with E-state index in [0.717, 1.165) is 36.9 Å². The van der Waals surface area contributed by atoms with E-state index in [1.807, 2.05) is 19.3 Å². The summed E-state index contributed by atoms with van der Waals surface area (Å²) in [5.74, 6) is 1.87. The predicted molar refractivity (Wildman–Crippen MR) is 75.4 cm³/mol. The van der Waals surface area contributed by atoms with Gasteiger partial charge in [-0.25, -0.2) is 9.97 Å². The number of hydrogen-bond donors (Lipinski definition) is 0. The number of anilines is 1. The SMILES string of the molecule is Cc1cnc(N2CC[C@H]3[C@@H]2CC(=O)N3CC2CC2)nc1. The minimum atomic E-state index is 0.281. The van der Waals surface area contributed by atoms with Gasteiger partial charge in [0.15, 0.2) is 0 Å². The first-order valence-corrected chi connectivity index (χ1v) is 7.57. The van der Waals surface area contributed by atoms with Gasteiger partial charge in [0.05, 0.1) is 12.1 Å². The molecule has 1 amide bonds. The van der Waals surface area contributed by atoms with Crippen LogP contribution in [0.5, 0.6) is 0 Å². The van der Waals surface area contributed by atoms with Gasteiger partial charge in [0, 0.05) is 31.9 Å². The first-order valence-electron chi connectivity index (χ1n) is 7.57. The number of aryl methyl sites for hydroxylation is 1. The number of nitrogens with zero attached hydrogens (tertiary/aromatic N) is 4. The predicted octanol–water partition coefficient (Wildman–Crippen LogP) is 1.37. The van der Waals surface area contributed by atoms with Crippen LogP contribution in [0.2, 0.25) is 0 Å². The Kier molecular flexibility index (Phi) is 2.69. The number of likely N-dealkylation sites (tertiary alicyclic amines) is 1. The highest BCUT2D eigenvalue weighted by molar-refractivity contribution is 5.81. The van der Waals surface area contributed by atoms with Crippen LogP contribution in [0.3, 0.4) is 0 Å². The zero-order valence-electron chi connectivity index (χ0n) is 11.8. The summed E-state index contributed by atoms with van der Waals surface area (Å²) in [6, 6.07) is 0.664. The second-order valence-corrected chi connectivity index (χ2v) is 6.37. The van der Waals surface area contributed by atoms with Gasteiger partial charge >= 0.3 is 0 Å². The van der Waals surface area contributed by atoms with Crippen molar-refractivity contribution in [2.45, 2.75) is 44.7 Å². The molecule has 3 heterocycles. The van der Waals surface area contributed by atoms with Crippen molar-refractivity contribution in [1.29, 1.82) is 0 Å². The highest BCUT2D eigenvalue weighted by Crippen LogP contribution is 2.38. The molecule has 2 atom stereocenters. The van der Waals surface area contributed by atoms with Crippen LogP contribution >= 0.6 is 0 Å². The molecule has 106 valence electrons. The number of carbonyl (C=O) groups is 1. The van der Waals surface area contributed by atoms with Crippen molar-refractivity contribution >= 4 is 11.9 Å². The molecule has 1 aromatic heterocycles. The number of aromatic nitrogens is 2. The molecule has 2 saturated heterocycles. The van der Waals surface area contributed by atoms with Gasteiger partial charge < -0.3 is 9.80 Å². The maximum Gasteiger partial charge on any atom is 0.225 e. The van der Waals surface area contributed by atoms with Gasteiger partial charge in [-0.2, -0.15) is 0 Å². The van der Waals surface area contributed by atoms with Crippen LogP contribution in [0, 0.1) is 12.8 Å². The van der Waals surface area contributed by atoms with Crippen LogP contribution in [-0.2, 0) is 4.79 Å². The summed E-state index contributed by atoms with van der Waals surface area (Å²) in [6.45, 7) is 3.93. The molecule has 0 spiro atoms. The van der Waals surface area contributed by atoms with E-state index in [0.29, 0.717) is 18.4 Å². The van der Waals surface area contributed by atoms with E-state index < -0.39 is 0 Å². The lowest BCUT2D eigenvalue weighted by Crippen LogP contribution is -2.38. The summed E-state index contributed by atoms with van der Waals surface area (Å²) >= 11 is 0. The Labute approximate surface area is 119 Å². The fraction of sp³-hybridized carbons (Fsp3) is 0.667. The lowest BCUT2D eigenvalue weighted by molar-refractivity contribution is -0.129. The zero-order valence-corrected chi connectivity index (χ0v) is 11.8. The van der Waals surface area contributed by atoms with Gasteiger partial charge in [0.1, 0.15) is 0 Å². The van der Waals surface area contributed by atoms with Gasteiger partial charge in [-0.1, -0.05) is 0 Å². The molecule has 4 rings (SSSR count). The van der Waals surface area contributed by atoms with E-state index in [1.54, 1.807) is 0 Å². The smallest absolute Gasteiger partial charge is 0.225 e. The average molecular weight is 272 g/mol. The van der Waals surface area contributed by atoms with Crippen LogP contribution in [0.4, 0.5) is 5.95 Å². The van der Waals surface area contributed by atoms with Crippen molar-refractivity contribution in [3.05, 3.63) is 18.0 Å². The first kappa shape index (κ1) is 12.1. The van der Waals surface area contributed by atoms with Gasteiger partial charge in [0.2, 0.25) is 11.9 Å². The standard InChI is InChI=1S/C15H20N4O/c1-10-7-16-15(17-8-10)18-5-4-12-13(18)6-14(20)19(12)9-11-2-3-11/h7-8,11-13H,2-6,9H2,1H3/t12-,13-/m0/s1. The molecule has 3 fully saturated rings. The number of rotatable bonds is 3. The molecule has 5 heteroatoms. The quantitative estimate of drug-likeness (QED) is 0.834. The van der Waals surface area contributed by atoms with Crippen molar-refractivity contribution in [3.8, 4) is 0 Å². The third-order valence-corrected chi connectivity index (χ3v) is 4.79. The Morgan fingerprint density at radius 3 is 2.65 bits per heavy atom. The van der Waals surface area contributed by atoms with Crippen molar-refractivity contribution in [1.82, 2.24) is 14.9 Å². The molecule has 3 aliphatic rings. The Morgan fingerprint density at radius 2 is 1.95 bits per heavy atom. The number of hydrogen-bond acceptors (Lipinski definition) is 4. The number of fused-ring (bicyclic) bond motifs is 1. The molecule has 0 aromatic carbocycles. The minimum Gasteiger partial charge on any atom is -0.337 e. The third kappa shape index (κ3) is 1.96. The van der Waals surface area contributed by atoms with E-state index in [-0.39, 0.29) is 6.04 Å². The second-order valence-electron chi connectivity index (χ2n) is 6.37. The zero-order chi connectivity index (χ0) is 13.7. The molecule has 1 saturated carbocycles. The Bertz CT molecular complexity index is 525. The summed E-state index contributed by atoms with van der Waals surface area (Å²) < 4.78 is 0. The molecule has 0 N–H and O–H groups in total. The van der Waals surface area contributed by atoms with Crippen molar-refractivity contribution in [2.24, 2.45) is 5.92 Å². The van der Waals surface area contributed by atoms with Gasteiger partial charge in [0.25, 0.3) is 0 Å². The van der Waals surface area contributed by atoms with E-state index in [4.69, 9.17) is 0 Å². The average Bonchev–Trinajstić information content (AvgIpc) is 3.10. The highest BCUT2D eigenvalue weighted by Gasteiger charge is 2.48. The van der Waals surface area contributed by atoms with Crippen LogP contribution in [0.1, 0.15) is 31.2 Å². The van der Waals surface area contributed by atoms with E-state index in [2.05, 4.69) is 19.8 Å². The maximum absolute atomic E-state index is 12.2. The van der Waals surface area contributed by atoms with Crippen LogP contribution in [-0.4, -0.2) is 45.9 Å². The third-order valence-electron chi connectivity index (χ3n) is 4.79. The first-order chi connectivity index (χ1) is 9.72. The Hall–Kier alpha value is -1.65. The molecule has 1 aliphatic carbocycles. The van der Waals surface area contributed by atoms with Gasteiger partial charge in [-0.15, -0.1) is 0 Å². The lowest BCUT2D eigenvalue weighted by Gasteiger charge is -2.25. The molecule has 20 heavy (non-hydrogen) atoms. The van der Waals surface area contributed by atoms with Crippen molar-refractivity contribution in [2.75, 3.05) is 18.0 Å². The molecule has 0 bridgehead atoms. The van der Waals surface area contributed by atoms with Crippen LogP contribution in [0.25, 0.3) is 0 Å². The summed E-state index contributed by atoms with van der Waals surface area (Å²) in [7, 11) is 0. The fourth-order valence-corrected chi connectivity index (χ4v) is 3.53. The van der Waals surface area contributed by atoms with E-state index in [1.165, 1.54) is 12.8 Å². The van der Waals surface area contributed by atoms with E-state index in [9.17, 15) is 4.79 Å². The minimum absolute atomic E-state index is 0.281. The van der Waals surface area contributed by atoms with Gasteiger partial charge in [-0.3, -0.25) is 4.79 Å². The lowest BCUT2D eigenvalue weighted by atomic mass is 10.1. The summed E-state index contributed by atoms with van der Waals surface area (Å²) in [5, 5.41) is 0. The second kappa shape index (κ2) is 4.43. The van der Waals surface area contributed by atoms with Crippen molar-refractivity contribution in [3.63, 3.8) is 0 Å². The molecular formula is C15H20N4O. The van der Waals surface area contributed by atoms with E-state index >= 15 is 0 Å².